The van der Waals surface area contributed by atoms with E-state index in [1.165, 1.54) is 57.8 Å². The first-order valence-electron chi connectivity index (χ1n) is 9.72. The molecule has 1 aliphatic carbocycles. The number of aryl methyl sites for hydroxylation is 1. The highest BCUT2D eigenvalue weighted by atomic mass is 127. The molecule has 0 unspecified atom stereocenters. The van der Waals surface area contributed by atoms with Gasteiger partial charge in [0.2, 0.25) is 0 Å². The highest BCUT2D eigenvalue weighted by Crippen LogP contribution is 2.28. The molecule has 1 saturated carbocycles. The van der Waals surface area contributed by atoms with Crippen molar-refractivity contribution in [1.29, 1.82) is 0 Å². The fraction of sp³-hybridized carbons (Fsp3) is 0.833. The molecule has 1 aromatic heterocycles. The van der Waals surface area contributed by atoms with Crippen LogP contribution in [-0.2, 0) is 19.5 Å². The summed E-state index contributed by atoms with van der Waals surface area (Å²) in [5.41, 5.74) is 0. The number of hydrogen-bond acceptors (Lipinski definition) is 3. The Hall–Kier alpha value is -0.860. The summed E-state index contributed by atoms with van der Waals surface area (Å²) in [6, 6.07) is 0. The van der Waals surface area contributed by atoms with Crippen molar-refractivity contribution in [2.45, 2.75) is 77.3 Å². The van der Waals surface area contributed by atoms with Crippen LogP contribution < -0.4 is 10.6 Å². The maximum Gasteiger partial charge on any atom is 0.191 e. The van der Waals surface area contributed by atoms with Crippen molar-refractivity contribution < 1.29 is 0 Å². The van der Waals surface area contributed by atoms with Crippen LogP contribution >= 0.6 is 24.0 Å². The minimum Gasteiger partial charge on any atom is -0.356 e. The molecule has 1 fully saturated rings. The van der Waals surface area contributed by atoms with Crippen LogP contribution in [0.1, 0.15) is 69.4 Å². The molecule has 0 atom stereocenters. The number of fused-ring (bicyclic) bond motifs is 1. The van der Waals surface area contributed by atoms with E-state index in [4.69, 9.17) is 0 Å². The van der Waals surface area contributed by atoms with E-state index >= 15 is 0 Å². The molecule has 0 saturated heterocycles. The van der Waals surface area contributed by atoms with E-state index in [1.807, 2.05) is 7.05 Å². The molecular weight excluding hydrogens is 427 g/mol. The van der Waals surface area contributed by atoms with Crippen molar-refractivity contribution >= 4 is 29.9 Å². The predicted octanol–water partition coefficient (Wildman–Crippen LogP) is 3.26. The summed E-state index contributed by atoms with van der Waals surface area (Å²) in [5, 5.41) is 15.5. The Morgan fingerprint density at radius 3 is 2.76 bits per heavy atom. The van der Waals surface area contributed by atoms with E-state index in [9.17, 15) is 0 Å². The number of rotatable bonds is 6. The van der Waals surface area contributed by atoms with Gasteiger partial charge in [-0.3, -0.25) is 4.99 Å². The number of guanidine groups is 1. The van der Waals surface area contributed by atoms with Gasteiger partial charge in [-0.1, -0.05) is 32.1 Å². The van der Waals surface area contributed by atoms with Gasteiger partial charge in [0.05, 0.1) is 6.54 Å². The standard InChI is InChI=1S/C18H32N6.HI/c1-19-18(20-12-7-10-15-8-4-5-9-15)21-14-17-23-22-16-11-3-2-6-13-24(16)17;/h15H,2-14H2,1H3,(H2,19,20,21);1H. The summed E-state index contributed by atoms with van der Waals surface area (Å²) >= 11 is 0. The summed E-state index contributed by atoms with van der Waals surface area (Å²) in [5.74, 6) is 4.00. The molecule has 0 spiro atoms. The van der Waals surface area contributed by atoms with Crippen molar-refractivity contribution in [2.24, 2.45) is 10.9 Å². The molecule has 0 aromatic carbocycles. The van der Waals surface area contributed by atoms with Gasteiger partial charge < -0.3 is 15.2 Å². The Balaban J connectivity index is 0.00000225. The minimum atomic E-state index is 0. The lowest BCUT2D eigenvalue weighted by Gasteiger charge is -2.13. The highest BCUT2D eigenvalue weighted by Gasteiger charge is 2.15. The molecule has 2 N–H and O–H groups in total. The van der Waals surface area contributed by atoms with Crippen LogP contribution in [0.5, 0.6) is 0 Å². The van der Waals surface area contributed by atoms with Crippen LogP contribution in [0.4, 0.5) is 0 Å². The van der Waals surface area contributed by atoms with Gasteiger partial charge in [0.25, 0.3) is 0 Å². The average Bonchev–Trinajstić information content (AvgIpc) is 3.19. The Morgan fingerprint density at radius 2 is 1.96 bits per heavy atom. The highest BCUT2D eigenvalue weighted by molar-refractivity contribution is 14.0. The molecule has 25 heavy (non-hydrogen) atoms. The zero-order chi connectivity index (χ0) is 16.6. The maximum absolute atomic E-state index is 4.36. The first-order valence-corrected chi connectivity index (χ1v) is 9.72. The molecule has 0 bridgehead atoms. The Bertz CT molecular complexity index is 536. The van der Waals surface area contributed by atoms with E-state index in [2.05, 4.69) is 30.4 Å². The molecule has 2 heterocycles. The molecule has 0 amide bonds. The molecule has 1 aromatic rings. The zero-order valence-electron chi connectivity index (χ0n) is 15.5. The third kappa shape index (κ3) is 6.11. The zero-order valence-corrected chi connectivity index (χ0v) is 17.8. The Kier molecular flexibility index (Phi) is 8.98. The summed E-state index contributed by atoms with van der Waals surface area (Å²) in [6.07, 6.45) is 13.1. The lowest BCUT2D eigenvalue weighted by atomic mass is 10.0. The fourth-order valence-electron chi connectivity index (χ4n) is 3.96. The molecular formula is C18H33IN6. The number of nitrogens with one attached hydrogen (secondary N) is 2. The number of hydrogen-bond donors (Lipinski definition) is 2. The van der Waals surface area contributed by atoms with Crippen LogP contribution in [0.15, 0.2) is 4.99 Å². The fourth-order valence-corrected chi connectivity index (χ4v) is 3.96. The van der Waals surface area contributed by atoms with Crippen LogP contribution in [-0.4, -0.2) is 34.3 Å². The Morgan fingerprint density at radius 1 is 1.12 bits per heavy atom. The number of aliphatic imine (C=N–C) groups is 1. The second-order valence-corrected chi connectivity index (χ2v) is 7.14. The van der Waals surface area contributed by atoms with E-state index in [0.29, 0.717) is 6.54 Å². The third-order valence-corrected chi connectivity index (χ3v) is 5.38. The van der Waals surface area contributed by atoms with E-state index in [0.717, 1.165) is 43.0 Å². The monoisotopic (exact) mass is 460 g/mol. The first kappa shape index (κ1) is 20.5. The van der Waals surface area contributed by atoms with E-state index in [1.54, 1.807) is 0 Å². The predicted molar refractivity (Wildman–Crippen MR) is 112 cm³/mol. The Labute approximate surface area is 168 Å². The maximum atomic E-state index is 4.36. The van der Waals surface area contributed by atoms with Crippen LogP contribution in [0, 0.1) is 5.92 Å². The number of nitrogens with zero attached hydrogens (tertiary/aromatic N) is 4. The second-order valence-electron chi connectivity index (χ2n) is 7.14. The molecule has 142 valence electrons. The van der Waals surface area contributed by atoms with Crippen LogP contribution in [0.2, 0.25) is 0 Å². The molecule has 6 nitrogen and oxygen atoms in total. The lowest BCUT2D eigenvalue weighted by Crippen LogP contribution is -2.38. The van der Waals surface area contributed by atoms with Gasteiger partial charge in [-0.2, -0.15) is 0 Å². The normalized spacial score (nSPS) is 18.4. The summed E-state index contributed by atoms with van der Waals surface area (Å²) in [6.45, 7) is 2.73. The van der Waals surface area contributed by atoms with Crippen molar-refractivity contribution in [3.05, 3.63) is 11.6 Å². The number of aromatic nitrogens is 3. The van der Waals surface area contributed by atoms with Crippen LogP contribution in [0.3, 0.4) is 0 Å². The van der Waals surface area contributed by atoms with Gasteiger partial charge >= 0.3 is 0 Å². The first-order chi connectivity index (χ1) is 11.9. The molecule has 3 rings (SSSR count). The summed E-state index contributed by atoms with van der Waals surface area (Å²) in [7, 11) is 1.83. The topological polar surface area (TPSA) is 67.1 Å². The molecule has 0 radical (unpaired) electrons. The van der Waals surface area contributed by atoms with Crippen LogP contribution in [0.25, 0.3) is 0 Å². The summed E-state index contributed by atoms with van der Waals surface area (Å²) in [4.78, 5) is 4.32. The van der Waals surface area contributed by atoms with Gasteiger partial charge in [0.15, 0.2) is 11.8 Å². The largest absolute Gasteiger partial charge is 0.356 e. The van der Waals surface area contributed by atoms with Gasteiger partial charge in [-0.15, -0.1) is 34.2 Å². The molecule has 1 aliphatic heterocycles. The summed E-state index contributed by atoms with van der Waals surface area (Å²) < 4.78 is 2.29. The average molecular weight is 460 g/mol. The van der Waals surface area contributed by atoms with Gasteiger partial charge in [-0.05, 0) is 31.6 Å². The van der Waals surface area contributed by atoms with Crippen molar-refractivity contribution in [3.63, 3.8) is 0 Å². The number of halogens is 1. The quantitative estimate of drug-likeness (QED) is 0.296. The van der Waals surface area contributed by atoms with Crippen molar-refractivity contribution in [2.75, 3.05) is 13.6 Å². The second kappa shape index (κ2) is 11.0. The van der Waals surface area contributed by atoms with Gasteiger partial charge in [-0.25, -0.2) is 0 Å². The molecule has 7 heteroatoms. The molecule has 2 aliphatic rings. The van der Waals surface area contributed by atoms with E-state index < -0.39 is 0 Å². The van der Waals surface area contributed by atoms with Gasteiger partial charge in [0.1, 0.15) is 5.82 Å². The third-order valence-electron chi connectivity index (χ3n) is 5.38. The van der Waals surface area contributed by atoms with Gasteiger partial charge in [0, 0.05) is 26.6 Å². The van der Waals surface area contributed by atoms with Crippen molar-refractivity contribution in [3.8, 4) is 0 Å². The minimum absolute atomic E-state index is 0. The lowest BCUT2D eigenvalue weighted by molar-refractivity contribution is 0.481. The smallest absolute Gasteiger partial charge is 0.191 e. The van der Waals surface area contributed by atoms with Crippen molar-refractivity contribution in [1.82, 2.24) is 25.4 Å². The SMILES string of the molecule is CN=C(NCCCC1CCCC1)NCc1nnc2n1CCCCC2.I. The van der Waals surface area contributed by atoms with E-state index in [-0.39, 0.29) is 24.0 Å².